The molecule has 2 atom stereocenters. The summed E-state index contributed by atoms with van der Waals surface area (Å²) in [6, 6.07) is 0. The first kappa shape index (κ1) is 8.76. The first-order valence-corrected chi connectivity index (χ1v) is 4.68. The van der Waals surface area contributed by atoms with Crippen molar-refractivity contribution in [1.29, 1.82) is 0 Å². The highest BCUT2D eigenvalue weighted by atomic mass is 16.1. The quantitative estimate of drug-likeness (QED) is 0.559. The van der Waals surface area contributed by atoms with Crippen molar-refractivity contribution >= 4 is 6.29 Å². The third-order valence-electron chi connectivity index (χ3n) is 3.38. The van der Waals surface area contributed by atoms with Gasteiger partial charge in [-0.15, -0.1) is 0 Å². The SMILES string of the molecule is CCC1(C)CCCCC1C=O. The molecule has 1 rings (SSSR count). The van der Waals surface area contributed by atoms with Gasteiger partial charge >= 0.3 is 0 Å². The maximum Gasteiger partial charge on any atom is 0.123 e. The molecular formula is C10H18O. The van der Waals surface area contributed by atoms with E-state index >= 15 is 0 Å². The Balaban J connectivity index is 2.64. The predicted molar refractivity (Wildman–Crippen MR) is 46.4 cm³/mol. The molecule has 1 aliphatic rings. The highest BCUT2D eigenvalue weighted by Gasteiger charge is 2.34. The highest BCUT2D eigenvalue weighted by Crippen LogP contribution is 2.42. The van der Waals surface area contributed by atoms with Crippen molar-refractivity contribution in [2.45, 2.75) is 46.0 Å². The van der Waals surface area contributed by atoms with Gasteiger partial charge in [0.05, 0.1) is 0 Å². The zero-order valence-corrected chi connectivity index (χ0v) is 7.60. The van der Waals surface area contributed by atoms with Crippen molar-refractivity contribution in [3.63, 3.8) is 0 Å². The molecule has 0 N–H and O–H groups in total. The molecule has 0 aromatic carbocycles. The van der Waals surface area contributed by atoms with Gasteiger partial charge in [0.15, 0.2) is 0 Å². The molecule has 1 fully saturated rings. The van der Waals surface area contributed by atoms with E-state index in [4.69, 9.17) is 0 Å². The Labute approximate surface area is 69.2 Å². The van der Waals surface area contributed by atoms with Crippen LogP contribution in [0.2, 0.25) is 0 Å². The van der Waals surface area contributed by atoms with Gasteiger partial charge in [-0.3, -0.25) is 0 Å². The summed E-state index contributed by atoms with van der Waals surface area (Å²) >= 11 is 0. The first-order valence-electron chi connectivity index (χ1n) is 4.68. The maximum atomic E-state index is 10.7. The predicted octanol–water partition coefficient (Wildman–Crippen LogP) is 2.79. The van der Waals surface area contributed by atoms with E-state index < -0.39 is 0 Å². The molecule has 0 saturated heterocycles. The van der Waals surface area contributed by atoms with Crippen LogP contribution in [-0.2, 0) is 4.79 Å². The van der Waals surface area contributed by atoms with Crippen LogP contribution in [0.15, 0.2) is 0 Å². The van der Waals surface area contributed by atoms with Crippen molar-refractivity contribution in [3.8, 4) is 0 Å². The monoisotopic (exact) mass is 154 g/mol. The van der Waals surface area contributed by atoms with Gasteiger partial charge in [0, 0.05) is 5.92 Å². The van der Waals surface area contributed by atoms with Crippen LogP contribution in [0.5, 0.6) is 0 Å². The van der Waals surface area contributed by atoms with Crippen LogP contribution in [0.25, 0.3) is 0 Å². The zero-order chi connectivity index (χ0) is 8.32. The lowest BCUT2D eigenvalue weighted by Crippen LogP contribution is -2.31. The number of hydrogen-bond acceptors (Lipinski definition) is 1. The summed E-state index contributed by atoms with van der Waals surface area (Å²) in [5.74, 6) is 0.334. The largest absolute Gasteiger partial charge is 0.303 e. The molecule has 0 aromatic rings. The molecule has 64 valence electrons. The number of hydrogen-bond donors (Lipinski definition) is 0. The first-order chi connectivity index (χ1) is 5.23. The highest BCUT2D eigenvalue weighted by molar-refractivity contribution is 5.55. The average Bonchev–Trinajstić information content (AvgIpc) is 2.05. The minimum atomic E-state index is 0.319. The van der Waals surface area contributed by atoms with Crippen LogP contribution >= 0.6 is 0 Å². The van der Waals surface area contributed by atoms with E-state index in [1.54, 1.807) is 0 Å². The number of carbonyl (C=O) groups is 1. The smallest absolute Gasteiger partial charge is 0.123 e. The summed E-state index contributed by atoms with van der Waals surface area (Å²) in [6.07, 6.45) is 7.24. The van der Waals surface area contributed by atoms with Crippen LogP contribution in [0, 0.1) is 11.3 Å². The number of rotatable bonds is 2. The number of carbonyl (C=O) groups excluding carboxylic acids is 1. The maximum absolute atomic E-state index is 10.7. The van der Waals surface area contributed by atoms with Crippen LogP contribution in [0.4, 0.5) is 0 Å². The Kier molecular flexibility index (Phi) is 2.69. The molecule has 0 aliphatic heterocycles. The minimum absolute atomic E-state index is 0.319. The van der Waals surface area contributed by atoms with Gasteiger partial charge in [-0.05, 0) is 18.3 Å². The Bertz CT molecular complexity index is 142. The molecule has 1 heteroatoms. The topological polar surface area (TPSA) is 17.1 Å². The van der Waals surface area contributed by atoms with Crippen molar-refractivity contribution in [2.75, 3.05) is 0 Å². The second-order valence-corrected chi connectivity index (χ2v) is 4.00. The van der Waals surface area contributed by atoms with E-state index in [0.717, 1.165) is 12.8 Å². The Morgan fingerprint density at radius 1 is 1.55 bits per heavy atom. The van der Waals surface area contributed by atoms with E-state index in [9.17, 15) is 4.79 Å². The summed E-state index contributed by atoms with van der Waals surface area (Å²) in [7, 11) is 0. The fourth-order valence-corrected chi connectivity index (χ4v) is 2.10. The van der Waals surface area contributed by atoms with Crippen molar-refractivity contribution in [2.24, 2.45) is 11.3 Å². The van der Waals surface area contributed by atoms with Crippen LogP contribution < -0.4 is 0 Å². The van der Waals surface area contributed by atoms with Crippen molar-refractivity contribution in [1.82, 2.24) is 0 Å². The van der Waals surface area contributed by atoms with Crippen molar-refractivity contribution in [3.05, 3.63) is 0 Å². The standard InChI is InChI=1S/C10H18O/c1-3-10(2)7-5-4-6-9(10)8-11/h8-9H,3-7H2,1-2H3. The lowest BCUT2D eigenvalue weighted by atomic mass is 9.67. The molecule has 1 nitrogen and oxygen atoms in total. The van der Waals surface area contributed by atoms with Gasteiger partial charge in [-0.2, -0.15) is 0 Å². The van der Waals surface area contributed by atoms with Crippen LogP contribution in [-0.4, -0.2) is 6.29 Å². The molecule has 0 heterocycles. The second-order valence-electron chi connectivity index (χ2n) is 4.00. The molecule has 1 saturated carbocycles. The van der Waals surface area contributed by atoms with E-state index in [1.165, 1.54) is 25.5 Å². The third kappa shape index (κ3) is 1.63. The Morgan fingerprint density at radius 2 is 2.27 bits per heavy atom. The number of aldehydes is 1. The van der Waals surface area contributed by atoms with Gasteiger partial charge < -0.3 is 4.79 Å². The summed E-state index contributed by atoms with van der Waals surface area (Å²) < 4.78 is 0. The fraction of sp³-hybridized carbons (Fsp3) is 0.900. The molecular weight excluding hydrogens is 136 g/mol. The minimum Gasteiger partial charge on any atom is -0.303 e. The molecule has 0 amide bonds. The molecule has 0 aromatic heterocycles. The van der Waals surface area contributed by atoms with E-state index in [0.29, 0.717) is 11.3 Å². The summed E-state index contributed by atoms with van der Waals surface area (Å²) in [5, 5.41) is 0. The normalized spacial score (nSPS) is 38.5. The Morgan fingerprint density at radius 3 is 2.73 bits per heavy atom. The zero-order valence-electron chi connectivity index (χ0n) is 7.60. The van der Waals surface area contributed by atoms with E-state index in [1.807, 2.05) is 0 Å². The molecule has 0 radical (unpaired) electrons. The summed E-state index contributed by atoms with van der Waals surface area (Å²) in [4.78, 5) is 10.7. The third-order valence-corrected chi connectivity index (χ3v) is 3.38. The van der Waals surface area contributed by atoms with Gasteiger partial charge in [0.1, 0.15) is 6.29 Å². The lowest BCUT2D eigenvalue weighted by Gasteiger charge is -2.37. The second kappa shape index (κ2) is 3.38. The van der Waals surface area contributed by atoms with E-state index in [2.05, 4.69) is 13.8 Å². The molecule has 2 unspecified atom stereocenters. The molecule has 11 heavy (non-hydrogen) atoms. The average molecular weight is 154 g/mol. The van der Waals surface area contributed by atoms with Gasteiger partial charge in [0.25, 0.3) is 0 Å². The van der Waals surface area contributed by atoms with Gasteiger partial charge in [0.2, 0.25) is 0 Å². The fourth-order valence-electron chi connectivity index (χ4n) is 2.10. The summed E-state index contributed by atoms with van der Waals surface area (Å²) in [6.45, 7) is 4.45. The van der Waals surface area contributed by atoms with E-state index in [-0.39, 0.29) is 0 Å². The van der Waals surface area contributed by atoms with Crippen molar-refractivity contribution < 1.29 is 4.79 Å². The van der Waals surface area contributed by atoms with Crippen LogP contribution in [0.1, 0.15) is 46.0 Å². The van der Waals surface area contributed by atoms with Gasteiger partial charge in [-0.1, -0.05) is 33.1 Å². The molecule has 0 bridgehead atoms. The lowest BCUT2D eigenvalue weighted by molar-refractivity contribution is -0.116. The van der Waals surface area contributed by atoms with Crippen LogP contribution in [0.3, 0.4) is 0 Å². The Hall–Kier alpha value is -0.330. The molecule has 0 spiro atoms. The van der Waals surface area contributed by atoms with Gasteiger partial charge in [-0.25, -0.2) is 0 Å². The summed E-state index contributed by atoms with van der Waals surface area (Å²) in [5.41, 5.74) is 0.319. The molecule has 1 aliphatic carbocycles.